The number of carbonyl (C=O) groups is 1. The Kier molecular flexibility index (Phi) is 5.18. The second-order valence-corrected chi connectivity index (χ2v) is 6.35. The van der Waals surface area contributed by atoms with Gasteiger partial charge in [0.25, 0.3) is 0 Å². The van der Waals surface area contributed by atoms with Crippen LogP contribution in [0.25, 0.3) is 0 Å². The Morgan fingerprint density at radius 3 is 2.42 bits per heavy atom. The molecule has 124 valence electrons. The maximum Gasteiger partial charge on any atom is 0.342 e. The molecule has 0 saturated heterocycles. The summed E-state index contributed by atoms with van der Waals surface area (Å²) in [6, 6.07) is 12.2. The van der Waals surface area contributed by atoms with E-state index >= 15 is 0 Å². The van der Waals surface area contributed by atoms with Gasteiger partial charge < -0.3 is 9.47 Å². The van der Waals surface area contributed by atoms with Crippen molar-refractivity contribution in [1.29, 1.82) is 5.26 Å². The summed E-state index contributed by atoms with van der Waals surface area (Å²) in [7, 11) is -2.60. The van der Waals surface area contributed by atoms with Crippen LogP contribution in [-0.4, -0.2) is 21.5 Å². The monoisotopic (exact) mass is 346 g/mol. The van der Waals surface area contributed by atoms with E-state index < -0.39 is 16.0 Å². The first-order valence-corrected chi connectivity index (χ1v) is 8.27. The number of rotatable bonds is 5. The first kappa shape index (κ1) is 17.5. The molecule has 0 atom stereocenters. The minimum Gasteiger partial charge on any atom is -0.496 e. The molecular weight excluding hydrogens is 332 g/mol. The molecule has 2 rings (SSSR count). The lowest BCUT2D eigenvalue weighted by atomic mass is 10.1. The molecule has 0 spiro atoms. The number of primary sulfonamides is 1. The minimum absolute atomic E-state index is 0.0344. The van der Waals surface area contributed by atoms with Gasteiger partial charge in [0.1, 0.15) is 17.9 Å². The van der Waals surface area contributed by atoms with E-state index in [1.807, 2.05) is 6.07 Å². The number of esters is 1. The van der Waals surface area contributed by atoms with Gasteiger partial charge in [-0.2, -0.15) is 5.26 Å². The molecule has 2 N–H and O–H groups in total. The van der Waals surface area contributed by atoms with Crippen molar-refractivity contribution in [3.05, 3.63) is 59.2 Å². The summed E-state index contributed by atoms with van der Waals surface area (Å²) in [6.45, 7) is -0.0344. The van der Waals surface area contributed by atoms with Gasteiger partial charge in [-0.3, -0.25) is 0 Å². The van der Waals surface area contributed by atoms with E-state index in [1.54, 1.807) is 24.3 Å². The fourth-order valence-corrected chi connectivity index (χ4v) is 2.47. The number of methoxy groups -OCH3 is 1. The van der Waals surface area contributed by atoms with Crippen LogP contribution in [0.2, 0.25) is 0 Å². The van der Waals surface area contributed by atoms with Gasteiger partial charge in [-0.15, -0.1) is 0 Å². The van der Waals surface area contributed by atoms with Crippen LogP contribution in [0.5, 0.6) is 5.75 Å². The van der Waals surface area contributed by atoms with Crippen LogP contribution in [0.4, 0.5) is 0 Å². The third kappa shape index (κ3) is 4.10. The Labute approximate surface area is 139 Å². The zero-order valence-electron chi connectivity index (χ0n) is 12.7. The second-order valence-electron chi connectivity index (χ2n) is 4.79. The molecule has 2 aromatic carbocycles. The van der Waals surface area contributed by atoms with Crippen LogP contribution in [0.3, 0.4) is 0 Å². The molecule has 2 aromatic rings. The maximum absolute atomic E-state index is 12.2. The number of nitrogens with two attached hydrogens (primary N) is 1. The topological polar surface area (TPSA) is 119 Å². The lowest BCUT2D eigenvalue weighted by Crippen LogP contribution is -2.14. The standard InChI is InChI=1S/C16H14N2O5S/c1-22-15-7-6-13(24(18,20)21)8-14(15)16(19)23-10-12-4-2-11(9-17)3-5-12/h2-8H,10H2,1H3,(H2,18,20,21). The van der Waals surface area contributed by atoms with E-state index in [1.165, 1.54) is 19.2 Å². The molecule has 24 heavy (non-hydrogen) atoms. The lowest BCUT2D eigenvalue weighted by molar-refractivity contribution is 0.0468. The quantitative estimate of drug-likeness (QED) is 0.821. The highest BCUT2D eigenvalue weighted by molar-refractivity contribution is 7.89. The smallest absolute Gasteiger partial charge is 0.342 e. The van der Waals surface area contributed by atoms with Gasteiger partial charge in [0.15, 0.2) is 0 Å². The predicted molar refractivity (Wildman–Crippen MR) is 84.6 cm³/mol. The molecule has 0 aliphatic carbocycles. The van der Waals surface area contributed by atoms with Crippen molar-refractivity contribution in [2.24, 2.45) is 5.14 Å². The van der Waals surface area contributed by atoms with E-state index in [9.17, 15) is 13.2 Å². The van der Waals surface area contributed by atoms with Crippen LogP contribution >= 0.6 is 0 Å². The molecule has 0 aromatic heterocycles. The average molecular weight is 346 g/mol. The van der Waals surface area contributed by atoms with Crippen LogP contribution in [-0.2, 0) is 21.4 Å². The van der Waals surface area contributed by atoms with Gasteiger partial charge in [0, 0.05) is 0 Å². The SMILES string of the molecule is COc1ccc(S(N)(=O)=O)cc1C(=O)OCc1ccc(C#N)cc1. The number of carbonyl (C=O) groups excluding carboxylic acids is 1. The number of ether oxygens (including phenoxy) is 2. The van der Waals surface area contributed by atoms with Gasteiger partial charge in [0.05, 0.1) is 23.6 Å². The molecule has 0 heterocycles. The van der Waals surface area contributed by atoms with E-state index in [-0.39, 0.29) is 22.8 Å². The first-order chi connectivity index (χ1) is 11.3. The third-order valence-electron chi connectivity index (χ3n) is 3.17. The maximum atomic E-state index is 12.2. The average Bonchev–Trinajstić information content (AvgIpc) is 2.58. The summed E-state index contributed by atoms with van der Waals surface area (Å²) in [5, 5.41) is 13.8. The number of nitriles is 1. The number of benzene rings is 2. The molecule has 0 bridgehead atoms. The van der Waals surface area contributed by atoms with Crippen molar-refractivity contribution in [2.45, 2.75) is 11.5 Å². The van der Waals surface area contributed by atoms with Crippen molar-refractivity contribution in [2.75, 3.05) is 7.11 Å². The summed E-state index contributed by atoms with van der Waals surface area (Å²) in [5.41, 5.74) is 1.13. The summed E-state index contributed by atoms with van der Waals surface area (Å²) < 4.78 is 33.0. The zero-order chi connectivity index (χ0) is 17.7. The van der Waals surface area contributed by atoms with Crippen LogP contribution in [0, 0.1) is 11.3 Å². The van der Waals surface area contributed by atoms with Gasteiger partial charge >= 0.3 is 5.97 Å². The second kappa shape index (κ2) is 7.12. The Hall–Kier alpha value is -2.89. The molecule has 7 nitrogen and oxygen atoms in total. The molecule has 8 heteroatoms. The summed E-state index contributed by atoms with van der Waals surface area (Å²) in [5.74, 6) is -0.575. The number of sulfonamides is 1. The largest absolute Gasteiger partial charge is 0.496 e. The Bertz CT molecular complexity index is 899. The van der Waals surface area contributed by atoms with Crippen LogP contribution in [0.1, 0.15) is 21.5 Å². The molecule has 0 amide bonds. The summed E-state index contributed by atoms with van der Waals surface area (Å²) in [4.78, 5) is 12.0. The number of nitrogens with zero attached hydrogens (tertiary/aromatic N) is 1. The predicted octanol–water partition coefficient (Wildman–Crippen LogP) is 1.57. The Balaban J connectivity index is 2.20. The lowest BCUT2D eigenvalue weighted by Gasteiger charge is -2.10. The molecule has 0 saturated carbocycles. The molecule has 0 unspecified atom stereocenters. The van der Waals surface area contributed by atoms with E-state index in [0.717, 1.165) is 6.07 Å². The fourth-order valence-electron chi connectivity index (χ4n) is 1.93. The molecular formula is C16H14N2O5S. The highest BCUT2D eigenvalue weighted by Crippen LogP contribution is 2.23. The molecule has 0 aliphatic rings. The summed E-state index contributed by atoms with van der Waals surface area (Å²) >= 11 is 0. The molecule has 0 radical (unpaired) electrons. The molecule has 0 aliphatic heterocycles. The van der Waals surface area contributed by atoms with Crippen molar-refractivity contribution in [3.63, 3.8) is 0 Å². The van der Waals surface area contributed by atoms with Crippen LogP contribution in [0.15, 0.2) is 47.4 Å². The van der Waals surface area contributed by atoms with Crippen molar-refractivity contribution >= 4 is 16.0 Å². The van der Waals surface area contributed by atoms with Gasteiger partial charge in [-0.25, -0.2) is 18.4 Å². The first-order valence-electron chi connectivity index (χ1n) is 6.72. The van der Waals surface area contributed by atoms with Gasteiger partial charge in [-0.1, -0.05) is 12.1 Å². The third-order valence-corrected chi connectivity index (χ3v) is 4.08. The zero-order valence-corrected chi connectivity index (χ0v) is 13.5. The van der Waals surface area contributed by atoms with Crippen LogP contribution < -0.4 is 9.88 Å². The van der Waals surface area contributed by atoms with E-state index in [0.29, 0.717) is 11.1 Å². The van der Waals surface area contributed by atoms with E-state index in [4.69, 9.17) is 19.9 Å². The minimum atomic E-state index is -3.95. The molecule has 0 fully saturated rings. The normalized spacial score (nSPS) is 10.7. The number of hydrogen-bond donors (Lipinski definition) is 1. The van der Waals surface area contributed by atoms with E-state index in [2.05, 4.69) is 0 Å². The fraction of sp³-hybridized carbons (Fsp3) is 0.125. The summed E-state index contributed by atoms with van der Waals surface area (Å²) in [6.07, 6.45) is 0. The van der Waals surface area contributed by atoms with Gasteiger partial charge in [0.2, 0.25) is 10.0 Å². The Morgan fingerprint density at radius 2 is 1.88 bits per heavy atom. The van der Waals surface area contributed by atoms with Gasteiger partial charge in [-0.05, 0) is 35.9 Å². The highest BCUT2D eigenvalue weighted by Gasteiger charge is 2.18. The Morgan fingerprint density at radius 1 is 1.21 bits per heavy atom. The number of hydrogen-bond acceptors (Lipinski definition) is 6. The van der Waals surface area contributed by atoms with Crippen molar-refractivity contribution in [3.8, 4) is 11.8 Å². The van der Waals surface area contributed by atoms with Crippen molar-refractivity contribution in [1.82, 2.24) is 0 Å². The highest BCUT2D eigenvalue weighted by atomic mass is 32.2. The van der Waals surface area contributed by atoms with Crippen molar-refractivity contribution < 1.29 is 22.7 Å².